The molecule has 102 valence electrons. The zero-order valence-corrected chi connectivity index (χ0v) is 11.5. The van der Waals surface area contributed by atoms with Gasteiger partial charge >= 0.3 is 15.6 Å². The van der Waals surface area contributed by atoms with Crippen molar-refractivity contribution in [3.63, 3.8) is 0 Å². The Morgan fingerprint density at radius 2 is 1.68 bits per heavy atom. The van der Waals surface area contributed by atoms with Crippen molar-refractivity contribution in [3.8, 4) is 5.75 Å². The molecule has 0 unspecified atom stereocenters. The van der Waals surface area contributed by atoms with E-state index in [1.165, 1.54) is 12.1 Å². The van der Waals surface area contributed by atoms with E-state index in [4.69, 9.17) is 0 Å². The van der Waals surface area contributed by atoms with Gasteiger partial charge in [0, 0.05) is 5.39 Å². The van der Waals surface area contributed by atoms with Crippen LogP contribution in [-0.4, -0.2) is 13.9 Å². The van der Waals surface area contributed by atoms with Crippen molar-refractivity contribution in [2.75, 3.05) is 0 Å². The van der Waals surface area contributed by atoms with E-state index in [0.717, 1.165) is 0 Å². The third-order valence-corrected chi connectivity index (χ3v) is 3.89. The summed E-state index contributed by atoms with van der Waals surface area (Å²) in [7, 11) is -5.69. The normalized spacial score (nSPS) is 12.6. The second-order valence-electron chi connectivity index (χ2n) is 3.58. The Bertz CT molecular complexity index is 726. The number of hydrogen-bond acceptors (Lipinski definition) is 3. The third kappa shape index (κ3) is 2.69. The smallest absolute Gasteiger partial charge is 0.374 e. The number of benzene rings is 2. The van der Waals surface area contributed by atoms with E-state index >= 15 is 0 Å². The van der Waals surface area contributed by atoms with Crippen molar-refractivity contribution in [1.29, 1.82) is 0 Å². The number of hydrogen-bond donors (Lipinski definition) is 0. The van der Waals surface area contributed by atoms with Gasteiger partial charge in [0.15, 0.2) is 5.75 Å². The van der Waals surface area contributed by atoms with Crippen molar-refractivity contribution in [2.45, 2.75) is 5.51 Å². The molecule has 8 heteroatoms. The van der Waals surface area contributed by atoms with Crippen LogP contribution in [0.1, 0.15) is 0 Å². The molecule has 0 aliphatic heterocycles. The van der Waals surface area contributed by atoms with Crippen LogP contribution in [0.3, 0.4) is 0 Å². The highest BCUT2D eigenvalue weighted by atomic mass is 79.9. The Balaban J connectivity index is 2.61. The first-order valence-corrected chi connectivity index (χ1v) is 7.10. The standard InChI is InChI=1S/C11H6BrF3O3S/c12-9-6-5-7-3-1-2-4-8(7)10(9)18-19(16,17)11(13,14)15/h1-6H. The summed E-state index contributed by atoms with van der Waals surface area (Å²) in [5.74, 6) is -0.379. The Labute approximate surface area is 115 Å². The molecule has 0 saturated heterocycles. The Morgan fingerprint density at radius 1 is 1.05 bits per heavy atom. The molecule has 0 spiro atoms. The first-order chi connectivity index (χ1) is 8.72. The van der Waals surface area contributed by atoms with Crippen LogP contribution in [0.4, 0.5) is 13.2 Å². The van der Waals surface area contributed by atoms with Gasteiger partial charge in [0.05, 0.1) is 4.47 Å². The lowest BCUT2D eigenvalue weighted by molar-refractivity contribution is -0.0499. The van der Waals surface area contributed by atoms with Gasteiger partial charge in [0.2, 0.25) is 0 Å². The van der Waals surface area contributed by atoms with Crippen molar-refractivity contribution >= 4 is 36.8 Å². The molecule has 2 rings (SSSR count). The largest absolute Gasteiger partial charge is 0.534 e. The van der Waals surface area contributed by atoms with Crippen LogP contribution in [0.2, 0.25) is 0 Å². The van der Waals surface area contributed by atoms with E-state index in [9.17, 15) is 21.6 Å². The monoisotopic (exact) mass is 354 g/mol. The zero-order chi connectivity index (χ0) is 14.3. The maximum Gasteiger partial charge on any atom is 0.534 e. The lowest BCUT2D eigenvalue weighted by Gasteiger charge is -2.12. The second-order valence-corrected chi connectivity index (χ2v) is 5.97. The molecule has 3 nitrogen and oxygen atoms in total. The number of alkyl halides is 3. The van der Waals surface area contributed by atoms with Crippen molar-refractivity contribution in [3.05, 3.63) is 40.9 Å². The van der Waals surface area contributed by atoms with Gasteiger partial charge in [0.1, 0.15) is 0 Å². The van der Waals surface area contributed by atoms with Crippen molar-refractivity contribution in [2.24, 2.45) is 0 Å². The third-order valence-electron chi connectivity index (χ3n) is 2.31. The molecule has 2 aromatic carbocycles. The molecule has 0 bridgehead atoms. The summed E-state index contributed by atoms with van der Waals surface area (Å²) in [5, 5.41) is 0.836. The van der Waals surface area contributed by atoms with E-state index in [2.05, 4.69) is 20.1 Å². The maximum atomic E-state index is 12.3. The summed E-state index contributed by atoms with van der Waals surface area (Å²) in [5.41, 5.74) is -5.47. The molecular weight excluding hydrogens is 349 g/mol. The van der Waals surface area contributed by atoms with E-state index < -0.39 is 15.6 Å². The molecule has 0 radical (unpaired) electrons. The SMILES string of the molecule is O=S(=O)(Oc1c(Br)ccc2ccccc12)C(F)(F)F. The molecule has 0 aliphatic rings. The van der Waals surface area contributed by atoms with Crippen LogP contribution >= 0.6 is 15.9 Å². The van der Waals surface area contributed by atoms with Crippen LogP contribution in [0.25, 0.3) is 10.8 Å². The van der Waals surface area contributed by atoms with Crippen LogP contribution < -0.4 is 4.18 Å². The van der Waals surface area contributed by atoms with Gasteiger partial charge < -0.3 is 4.18 Å². The average molecular weight is 355 g/mol. The highest BCUT2D eigenvalue weighted by Gasteiger charge is 2.49. The molecule has 0 heterocycles. The minimum absolute atomic E-state index is 0.124. The number of rotatable bonds is 2. The molecule has 0 aliphatic carbocycles. The lowest BCUT2D eigenvalue weighted by atomic mass is 10.1. The molecule has 0 fully saturated rings. The van der Waals surface area contributed by atoms with Crippen LogP contribution in [-0.2, 0) is 10.1 Å². The van der Waals surface area contributed by atoms with Crippen LogP contribution in [0.5, 0.6) is 5.75 Å². The van der Waals surface area contributed by atoms with E-state index in [1.807, 2.05) is 0 Å². The quantitative estimate of drug-likeness (QED) is 0.608. The minimum Gasteiger partial charge on any atom is -0.374 e. The second kappa shape index (κ2) is 4.68. The molecule has 0 N–H and O–H groups in total. The highest BCUT2D eigenvalue weighted by Crippen LogP contribution is 2.37. The average Bonchev–Trinajstić information content (AvgIpc) is 2.31. The van der Waals surface area contributed by atoms with Crippen molar-refractivity contribution < 1.29 is 25.8 Å². The van der Waals surface area contributed by atoms with Crippen LogP contribution in [0.15, 0.2) is 40.9 Å². The fraction of sp³-hybridized carbons (Fsp3) is 0.0909. The summed E-state index contributed by atoms with van der Waals surface area (Å²) in [4.78, 5) is 0. The van der Waals surface area contributed by atoms with Crippen LogP contribution in [0, 0.1) is 0 Å². The lowest BCUT2D eigenvalue weighted by Crippen LogP contribution is -2.28. The Hall–Kier alpha value is -1.28. The summed E-state index contributed by atoms with van der Waals surface area (Å²) in [6, 6.07) is 9.41. The molecule has 0 amide bonds. The Kier molecular flexibility index (Phi) is 3.48. The first kappa shape index (κ1) is 14.1. The molecular formula is C11H6BrF3O3S. The predicted octanol–water partition coefficient (Wildman–Crippen LogP) is 3.83. The summed E-state index contributed by atoms with van der Waals surface area (Å²) >= 11 is 2.98. The summed E-state index contributed by atoms with van der Waals surface area (Å²) in [6.07, 6.45) is 0. The van der Waals surface area contributed by atoms with Gasteiger partial charge in [0.25, 0.3) is 0 Å². The number of fused-ring (bicyclic) bond motifs is 1. The molecule has 0 saturated carbocycles. The number of halogens is 4. The van der Waals surface area contributed by atoms with Gasteiger partial charge in [-0.15, -0.1) is 0 Å². The van der Waals surface area contributed by atoms with Gasteiger partial charge in [-0.25, -0.2) is 0 Å². The topological polar surface area (TPSA) is 43.4 Å². The van der Waals surface area contributed by atoms with E-state index in [-0.39, 0.29) is 15.6 Å². The Morgan fingerprint density at radius 3 is 2.32 bits per heavy atom. The summed E-state index contributed by atoms with van der Waals surface area (Å²) < 4.78 is 63.4. The van der Waals surface area contributed by atoms with Gasteiger partial charge in [-0.2, -0.15) is 21.6 Å². The van der Waals surface area contributed by atoms with Gasteiger partial charge in [-0.3, -0.25) is 0 Å². The van der Waals surface area contributed by atoms with Gasteiger partial charge in [-0.1, -0.05) is 30.3 Å². The highest BCUT2D eigenvalue weighted by molar-refractivity contribution is 9.10. The first-order valence-electron chi connectivity index (χ1n) is 4.90. The van der Waals surface area contributed by atoms with Crippen molar-refractivity contribution in [1.82, 2.24) is 0 Å². The molecule has 0 aromatic heterocycles. The summed E-state index contributed by atoms with van der Waals surface area (Å²) in [6.45, 7) is 0. The molecule has 19 heavy (non-hydrogen) atoms. The minimum atomic E-state index is -5.69. The molecule has 0 atom stereocenters. The van der Waals surface area contributed by atoms with E-state index in [1.54, 1.807) is 24.3 Å². The zero-order valence-electron chi connectivity index (χ0n) is 9.11. The van der Waals surface area contributed by atoms with Gasteiger partial charge in [-0.05, 0) is 27.4 Å². The fourth-order valence-corrected chi connectivity index (χ4v) is 2.49. The predicted molar refractivity (Wildman–Crippen MR) is 67.3 cm³/mol. The van der Waals surface area contributed by atoms with E-state index in [0.29, 0.717) is 5.39 Å². The maximum absolute atomic E-state index is 12.3. The molecule has 2 aromatic rings. The fourth-order valence-electron chi connectivity index (χ4n) is 1.46.